The summed E-state index contributed by atoms with van der Waals surface area (Å²) in [6, 6.07) is 5.47. The van der Waals surface area contributed by atoms with Crippen molar-refractivity contribution >= 4 is 34.4 Å². The Labute approximate surface area is 215 Å². The van der Waals surface area contributed by atoms with Gasteiger partial charge in [-0.25, -0.2) is 9.97 Å². The van der Waals surface area contributed by atoms with E-state index in [0.29, 0.717) is 34.1 Å². The molecular weight excluding hydrogens is 476 g/mol. The minimum atomic E-state index is 0.0776. The predicted molar refractivity (Wildman–Crippen MR) is 142 cm³/mol. The first-order valence-corrected chi connectivity index (χ1v) is 12.2. The molecule has 0 spiro atoms. The van der Waals surface area contributed by atoms with Gasteiger partial charge in [0.15, 0.2) is 0 Å². The van der Waals surface area contributed by atoms with Gasteiger partial charge in [-0.15, -0.1) is 0 Å². The fourth-order valence-corrected chi connectivity index (χ4v) is 5.27. The van der Waals surface area contributed by atoms with E-state index in [1.165, 1.54) is 6.33 Å². The van der Waals surface area contributed by atoms with Crippen LogP contribution in [0.4, 0.5) is 5.82 Å². The van der Waals surface area contributed by atoms with Crippen molar-refractivity contribution in [1.82, 2.24) is 24.3 Å². The summed E-state index contributed by atoms with van der Waals surface area (Å²) in [5.41, 5.74) is 9.39. The third-order valence-electron chi connectivity index (χ3n) is 7.02. The fraction of sp³-hybridized carbons (Fsp3) is 0.370. The number of hydrogen-bond donors (Lipinski definition) is 1. The number of piperidine rings is 1. The van der Waals surface area contributed by atoms with Gasteiger partial charge >= 0.3 is 0 Å². The van der Waals surface area contributed by atoms with Gasteiger partial charge in [0, 0.05) is 54.8 Å². The molecule has 3 aromatic rings. The smallest absolute Gasteiger partial charge is 0.246 e. The lowest BCUT2D eigenvalue weighted by Crippen LogP contribution is -2.30. The second-order valence-corrected chi connectivity index (χ2v) is 10.1. The molecule has 0 unspecified atom stereocenters. The monoisotopic (exact) mass is 504 g/mol. The molecule has 186 valence electrons. The first-order valence-electron chi connectivity index (χ1n) is 11.8. The van der Waals surface area contributed by atoms with E-state index in [-0.39, 0.29) is 11.8 Å². The molecule has 2 N–H and O–H groups in total. The molecule has 2 aromatic heterocycles. The number of aromatic nitrogens is 3. The highest BCUT2D eigenvalue weighted by atomic mass is 35.5. The van der Waals surface area contributed by atoms with Crippen molar-refractivity contribution in [2.45, 2.75) is 0 Å². The summed E-state index contributed by atoms with van der Waals surface area (Å²) in [4.78, 5) is 25.1. The summed E-state index contributed by atoms with van der Waals surface area (Å²) < 4.78 is 7.58. The molecule has 5 rings (SSSR count). The van der Waals surface area contributed by atoms with Crippen molar-refractivity contribution in [1.29, 1.82) is 0 Å². The average Bonchev–Trinajstić information content (AvgIpc) is 3.16. The zero-order valence-corrected chi connectivity index (χ0v) is 21.6. The minimum Gasteiger partial charge on any atom is -0.496 e. The molecule has 1 aliphatic carbocycles. The lowest BCUT2D eigenvalue weighted by atomic mass is 10.0. The Hall–Kier alpha value is -3.54. The molecule has 2 fully saturated rings. The van der Waals surface area contributed by atoms with Crippen LogP contribution < -0.4 is 10.5 Å². The number of likely N-dealkylation sites (tertiary alicyclic amines) is 1. The molecule has 8 nitrogen and oxygen atoms in total. The van der Waals surface area contributed by atoms with Gasteiger partial charge < -0.3 is 24.8 Å². The number of anilines is 1. The summed E-state index contributed by atoms with van der Waals surface area (Å²) in [5, 5.41) is 1.31. The van der Waals surface area contributed by atoms with Gasteiger partial charge in [0.05, 0.1) is 12.5 Å². The second kappa shape index (κ2) is 9.49. The topological polar surface area (TPSA) is 89.5 Å². The van der Waals surface area contributed by atoms with Gasteiger partial charge in [0.1, 0.15) is 29.2 Å². The number of nitrogens with zero attached hydrogens (tertiary/aromatic N) is 5. The fourth-order valence-electron chi connectivity index (χ4n) is 5.10. The molecule has 1 aromatic carbocycles. The van der Waals surface area contributed by atoms with E-state index < -0.39 is 0 Å². The van der Waals surface area contributed by atoms with Gasteiger partial charge in [-0.3, -0.25) is 4.79 Å². The number of nitrogen functional groups attached to an aromatic ring is 1. The second-order valence-electron chi connectivity index (χ2n) is 9.62. The van der Waals surface area contributed by atoms with Crippen LogP contribution in [-0.4, -0.2) is 71.1 Å². The number of aryl methyl sites for hydroxylation is 1. The van der Waals surface area contributed by atoms with Crippen molar-refractivity contribution in [3.63, 3.8) is 0 Å². The van der Waals surface area contributed by atoms with Crippen LogP contribution in [0.5, 0.6) is 5.75 Å². The summed E-state index contributed by atoms with van der Waals surface area (Å²) in [7, 11) is 7.51. The van der Waals surface area contributed by atoms with Crippen molar-refractivity contribution in [2.75, 3.05) is 46.6 Å². The van der Waals surface area contributed by atoms with Crippen LogP contribution in [-0.2, 0) is 11.8 Å². The molecule has 2 aliphatic rings. The van der Waals surface area contributed by atoms with Gasteiger partial charge in [0.25, 0.3) is 0 Å². The Morgan fingerprint density at radius 3 is 2.75 bits per heavy atom. The van der Waals surface area contributed by atoms with Crippen LogP contribution in [0.15, 0.2) is 36.7 Å². The van der Waals surface area contributed by atoms with E-state index in [1.54, 1.807) is 19.3 Å². The highest BCUT2D eigenvalue weighted by Crippen LogP contribution is 2.51. The Morgan fingerprint density at radius 1 is 1.31 bits per heavy atom. The number of ether oxygens (including phenoxy) is 1. The summed E-state index contributed by atoms with van der Waals surface area (Å²) in [6.07, 6.45) is 5.04. The van der Waals surface area contributed by atoms with E-state index in [9.17, 15) is 4.79 Å². The Bertz CT molecular complexity index is 1420. The maximum atomic E-state index is 12.5. The number of amides is 1. The zero-order valence-electron chi connectivity index (χ0n) is 20.8. The first-order chi connectivity index (χ1) is 17.3. The number of hydrogen-bond acceptors (Lipinski definition) is 6. The van der Waals surface area contributed by atoms with E-state index >= 15 is 0 Å². The Morgan fingerprint density at radius 2 is 2.06 bits per heavy atom. The number of carbonyl (C=O) groups is 1. The summed E-state index contributed by atoms with van der Waals surface area (Å²) in [6.45, 7) is 2.25. The number of likely N-dealkylation sites (N-methyl/N-ethyl adjacent to an activating group) is 1. The van der Waals surface area contributed by atoms with Crippen LogP contribution in [0.3, 0.4) is 0 Å². The zero-order chi connectivity index (χ0) is 25.6. The number of halogens is 1. The molecule has 0 radical (unpaired) electrons. The summed E-state index contributed by atoms with van der Waals surface area (Å²) >= 11 is 6.36. The molecule has 0 bridgehead atoms. The predicted octanol–water partition coefficient (Wildman–Crippen LogP) is 3.05. The maximum Gasteiger partial charge on any atom is 0.246 e. The molecule has 1 amide bonds. The molecule has 3 atom stereocenters. The van der Waals surface area contributed by atoms with Gasteiger partial charge in [-0.1, -0.05) is 23.6 Å². The number of rotatable bonds is 5. The maximum absolute atomic E-state index is 12.5. The van der Waals surface area contributed by atoms with Crippen molar-refractivity contribution < 1.29 is 9.53 Å². The molecule has 9 heteroatoms. The van der Waals surface area contributed by atoms with E-state index in [2.05, 4.69) is 21.8 Å². The van der Waals surface area contributed by atoms with Gasteiger partial charge in [-0.2, -0.15) is 0 Å². The molecular formula is C27H29ClN6O2. The molecule has 1 aliphatic heterocycles. The molecule has 3 heterocycles. The Kier molecular flexibility index (Phi) is 6.37. The Balaban J connectivity index is 1.45. The van der Waals surface area contributed by atoms with Crippen molar-refractivity contribution in [3.8, 4) is 28.7 Å². The summed E-state index contributed by atoms with van der Waals surface area (Å²) in [5.74, 6) is 9.09. The van der Waals surface area contributed by atoms with Crippen LogP contribution in [0, 0.1) is 29.6 Å². The van der Waals surface area contributed by atoms with E-state index in [0.717, 1.165) is 41.8 Å². The van der Waals surface area contributed by atoms with Crippen LogP contribution in [0.1, 0.15) is 5.69 Å². The standard InChI is InChI=1S/C27H29ClN6O2/c1-32(2)11-5-6-23(35)34-13-19-17(20(19)14-34)8-9-21-24(18-12-16(28)7-10-22(18)36-4)25-26(29)30-15-31-27(25)33(21)3/h5-7,10,12,15,17,19-20H,11,13-14H2,1-4H3,(H2,29,30,31)/b6-5+/t17-,19-,20+. The minimum absolute atomic E-state index is 0.0776. The molecule has 36 heavy (non-hydrogen) atoms. The number of benzene rings is 1. The number of methoxy groups -OCH3 is 1. The van der Waals surface area contributed by atoms with Crippen LogP contribution in [0.25, 0.3) is 22.2 Å². The highest BCUT2D eigenvalue weighted by molar-refractivity contribution is 6.31. The lowest BCUT2D eigenvalue weighted by Gasteiger charge is -2.16. The molecule has 1 saturated carbocycles. The van der Waals surface area contributed by atoms with Crippen molar-refractivity contribution in [3.05, 3.63) is 47.4 Å². The number of nitrogens with two attached hydrogens (primary N) is 1. The third kappa shape index (κ3) is 4.29. The quantitative estimate of drug-likeness (QED) is 0.424. The van der Waals surface area contributed by atoms with Gasteiger partial charge in [-0.05, 0) is 50.1 Å². The number of carbonyl (C=O) groups excluding carboxylic acids is 1. The largest absolute Gasteiger partial charge is 0.496 e. The third-order valence-corrected chi connectivity index (χ3v) is 7.26. The van der Waals surface area contributed by atoms with Crippen LogP contribution >= 0.6 is 11.6 Å². The van der Waals surface area contributed by atoms with E-state index in [4.69, 9.17) is 22.1 Å². The van der Waals surface area contributed by atoms with Gasteiger partial charge in [0.2, 0.25) is 5.91 Å². The van der Waals surface area contributed by atoms with Crippen LogP contribution in [0.2, 0.25) is 5.02 Å². The lowest BCUT2D eigenvalue weighted by molar-refractivity contribution is -0.125. The van der Waals surface area contributed by atoms with E-state index in [1.807, 2.05) is 53.7 Å². The van der Waals surface area contributed by atoms with Crippen molar-refractivity contribution in [2.24, 2.45) is 24.8 Å². The average molecular weight is 505 g/mol. The molecule has 1 saturated heterocycles. The first kappa shape index (κ1) is 24.2. The normalized spacial score (nSPS) is 20.6. The number of fused-ring (bicyclic) bond motifs is 2. The SMILES string of the molecule is COc1ccc(Cl)cc1-c1c(C#C[C@@H]2[C@H]3CN(C(=O)/C=C/CN(C)C)C[C@@H]23)n(C)c2ncnc(N)c12. The highest BCUT2D eigenvalue weighted by Gasteiger charge is 2.55.